The van der Waals surface area contributed by atoms with Gasteiger partial charge in [0.15, 0.2) is 0 Å². The van der Waals surface area contributed by atoms with Crippen molar-refractivity contribution in [2.24, 2.45) is 5.92 Å². The maximum absolute atomic E-state index is 12.1. The van der Waals surface area contributed by atoms with Gasteiger partial charge in [0.25, 0.3) is 0 Å². The summed E-state index contributed by atoms with van der Waals surface area (Å²) in [4.78, 5) is 14.6. The molecular weight excluding hydrogens is 390 g/mol. The number of benzene rings is 2. The zero-order valence-corrected chi connectivity index (χ0v) is 16.8. The van der Waals surface area contributed by atoms with Crippen molar-refractivity contribution >= 4 is 27.6 Å². The number of piperidine rings is 1. The van der Waals surface area contributed by atoms with Crippen molar-refractivity contribution in [1.29, 1.82) is 0 Å². The molecule has 0 spiro atoms. The minimum absolute atomic E-state index is 0.140. The van der Waals surface area contributed by atoms with Gasteiger partial charge < -0.3 is 10.6 Å². The Morgan fingerprint density at radius 2 is 1.81 bits per heavy atom. The standard InChI is InChI=1S/C21H26BrN3O/c1-16-6-8-18(9-7-16)15-25-12-10-17(11-13-25)14-23-21(26)24-20-5-3-2-4-19(20)22/h2-9,17H,10-15H2,1H3,(H2,23,24,26). The first kappa shape index (κ1) is 18.9. The first-order chi connectivity index (χ1) is 12.6. The molecule has 4 nitrogen and oxygen atoms in total. The summed E-state index contributed by atoms with van der Waals surface area (Å²) in [6, 6.07) is 16.3. The Balaban J connectivity index is 1.38. The van der Waals surface area contributed by atoms with Gasteiger partial charge >= 0.3 is 6.03 Å². The van der Waals surface area contributed by atoms with Crippen molar-refractivity contribution in [1.82, 2.24) is 10.2 Å². The molecule has 0 unspecified atom stereocenters. The number of hydrogen-bond acceptors (Lipinski definition) is 2. The van der Waals surface area contributed by atoms with E-state index in [1.807, 2.05) is 24.3 Å². The quantitative estimate of drug-likeness (QED) is 0.736. The summed E-state index contributed by atoms with van der Waals surface area (Å²) in [6.07, 6.45) is 2.25. The van der Waals surface area contributed by atoms with Gasteiger partial charge in [-0.2, -0.15) is 0 Å². The third kappa shape index (κ3) is 5.58. The molecule has 3 rings (SSSR count). The summed E-state index contributed by atoms with van der Waals surface area (Å²) in [5.74, 6) is 0.550. The van der Waals surface area contributed by atoms with Crippen LogP contribution in [0.2, 0.25) is 0 Å². The average molecular weight is 416 g/mol. The van der Waals surface area contributed by atoms with Crippen LogP contribution in [0.15, 0.2) is 53.0 Å². The minimum Gasteiger partial charge on any atom is -0.338 e. The molecule has 0 saturated carbocycles. The highest BCUT2D eigenvalue weighted by Crippen LogP contribution is 2.21. The number of urea groups is 1. The molecule has 1 fully saturated rings. The number of para-hydroxylation sites is 1. The fraction of sp³-hybridized carbons (Fsp3) is 0.381. The van der Waals surface area contributed by atoms with Gasteiger partial charge in [-0.25, -0.2) is 4.79 Å². The second-order valence-corrected chi connectivity index (χ2v) is 7.87. The highest BCUT2D eigenvalue weighted by molar-refractivity contribution is 9.10. The predicted molar refractivity (Wildman–Crippen MR) is 110 cm³/mol. The molecule has 0 radical (unpaired) electrons. The van der Waals surface area contributed by atoms with Crippen molar-refractivity contribution in [2.75, 3.05) is 25.0 Å². The van der Waals surface area contributed by atoms with E-state index in [-0.39, 0.29) is 6.03 Å². The van der Waals surface area contributed by atoms with Crippen molar-refractivity contribution in [2.45, 2.75) is 26.3 Å². The second-order valence-electron chi connectivity index (χ2n) is 7.02. The van der Waals surface area contributed by atoms with Crippen LogP contribution in [0, 0.1) is 12.8 Å². The third-order valence-electron chi connectivity index (χ3n) is 4.91. The SMILES string of the molecule is Cc1ccc(CN2CCC(CNC(=O)Nc3ccccc3Br)CC2)cc1. The summed E-state index contributed by atoms with van der Waals surface area (Å²) < 4.78 is 0.888. The molecule has 1 saturated heterocycles. The third-order valence-corrected chi connectivity index (χ3v) is 5.60. The Morgan fingerprint density at radius 1 is 1.12 bits per heavy atom. The summed E-state index contributed by atoms with van der Waals surface area (Å²) >= 11 is 3.44. The highest BCUT2D eigenvalue weighted by Gasteiger charge is 2.19. The maximum atomic E-state index is 12.1. The molecule has 1 aliphatic heterocycles. The summed E-state index contributed by atoms with van der Waals surface area (Å²) in [6.45, 7) is 6.05. The summed E-state index contributed by atoms with van der Waals surface area (Å²) in [5, 5.41) is 5.90. The largest absolute Gasteiger partial charge is 0.338 e. The van der Waals surface area contributed by atoms with Crippen molar-refractivity contribution in [3.63, 3.8) is 0 Å². The number of nitrogens with one attached hydrogen (secondary N) is 2. The van der Waals surface area contributed by atoms with E-state index < -0.39 is 0 Å². The van der Waals surface area contributed by atoms with Crippen LogP contribution < -0.4 is 10.6 Å². The topological polar surface area (TPSA) is 44.4 Å². The van der Waals surface area contributed by atoms with Gasteiger partial charge in [0.05, 0.1) is 5.69 Å². The number of halogens is 1. The number of carbonyl (C=O) groups is 1. The number of carbonyl (C=O) groups excluding carboxylic acids is 1. The van der Waals surface area contributed by atoms with E-state index in [9.17, 15) is 4.79 Å². The molecular formula is C21H26BrN3O. The molecule has 1 heterocycles. The van der Waals surface area contributed by atoms with Gasteiger partial charge in [-0.1, -0.05) is 42.0 Å². The minimum atomic E-state index is -0.140. The number of hydrogen-bond donors (Lipinski definition) is 2. The molecule has 2 N–H and O–H groups in total. The van der Waals surface area contributed by atoms with Gasteiger partial charge in [-0.3, -0.25) is 4.90 Å². The molecule has 1 aliphatic rings. The van der Waals surface area contributed by atoms with E-state index in [1.165, 1.54) is 11.1 Å². The van der Waals surface area contributed by atoms with Crippen LogP contribution in [-0.4, -0.2) is 30.6 Å². The van der Waals surface area contributed by atoms with E-state index in [4.69, 9.17) is 0 Å². The second kappa shape index (κ2) is 9.19. The lowest BCUT2D eigenvalue weighted by atomic mass is 9.96. The van der Waals surface area contributed by atoms with Gasteiger partial charge in [-0.15, -0.1) is 0 Å². The van der Waals surface area contributed by atoms with Gasteiger partial charge in [0.1, 0.15) is 0 Å². The number of rotatable bonds is 5. The Morgan fingerprint density at radius 3 is 2.50 bits per heavy atom. The number of aryl methyl sites for hydroxylation is 1. The molecule has 0 bridgehead atoms. The van der Waals surface area contributed by atoms with E-state index in [2.05, 4.69) is 62.7 Å². The lowest BCUT2D eigenvalue weighted by Crippen LogP contribution is -2.39. The van der Waals surface area contributed by atoms with Gasteiger partial charge in [0, 0.05) is 17.6 Å². The molecule has 2 aromatic rings. The van der Waals surface area contributed by atoms with Crippen molar-refractivity contribution in [3.8, 4) is 0 Å². The van der Waals surface area contributed by atoms with Gasteiger partial charge in [0.2, 0.25) is 0 Å². The first-order valence-corrected chi connectivity index (χ1v) is 9.97. The lowest BCUT2D eigenvalue weighted by molar-refractivity contribution is 0.175. The molecule has 5 heteroatoms. The fourth-order valence-electron chi connectivity index (χ4n) is 3.27. The van der Waals surface area contributed by atoms with E-state index >= 15 is 0 Å². The number of amides is 2. The van der Waals surface area contributed by atoms with Crippen LogP contribution in [0.25, 0.3) is 0 Å². The van der Waals surface area contributed by atoms with E-state index in [0.29, 0.717) is 5.92 Å². The number of likely N-dealkylation sites (tertiary alicyclic amines) is 1. The van der Waals surface area contributed by atoms with Crippen LogP contribution >= 0.6 is 15.9 Å². The van der Waals surface area contributed by atoms with Crippen LogP contribution in [0.1, 0.15) is 24.0 Å². The van der Waals surface area contributed by atoms with Gasteiger partial charge in [-0.05, 0) is 72.4 Å². The van der Waals surface area contributed by atoms with Crippen LogP contribution in [-0.2, 0) is 6.54 Å². The zero-order chi connectivity index (χ0) is 18.4. The number of nitrogens with zero attached hydrogens (tertiary/aromatic N) is 1. The van der Waals surface area contributed by atoms with Crippen LogP contribution in [0.4, 0.5) is 10.5 Å². The molecule has 0 aliphatic carbocycles. The summed E-state index contributed by atoms with van der Waals surface area (Å²) in [7, 11) is 0. The van der Waals surface area contributed by atoms with Crippen LogP contribution in [0.3, 0.4) is 0 Å². The average Bonchev–Trinajstić information content (AvgIpc) is 2.65. The monoisotopic (exact) mass is 415 g/mol. The van der Waals surface area contributed by atoms with E-state index in [1.54, 1.807) is 0 Å². The number of anilines is 1. The Labute approximate surface area is 164 Å². The molecule has 2 aromatic carbocycles. The van der Waals surface area contributed by atoms with Crippen LogP contribution in [0.5, 0.6) is 0 Å². The summed E-state index contributed by atoms with van der Waals surface area (Å²) in [5.41, 5.74) is 3.47. The lowest BCUT2D eigenvalue weighted by Gasteiger charge is -2.32. The van der Waals surface area contributed by atoms with Crippen molar-refractivity contribution < 1.29 is 4.79 Å². The Bertz CT molecular complexity index is 724. The fourth-order valence-corrected chi connectivity index (χ4v) is 3.65. The Hall–Kier alpha value is -1.85. The molecule has 2 amide bonds. The highest BCUT2D eigenvalue weighted by atomic mass is 79.9. The zero-order valence-electron chi connectivity index (χ0n) is 15.2. The predicted octanol–water partition coefficient (Wildman–Crippen LogP) is 4.79. The smallest absolute Gasteiger partial charge is 0.319 e. The maximum Gasteiger partial charge on any atom is 0.319 e. The normalized spacial score (nSPS) is 15.6. The van der Waals surface area contributed by atoms with Crippen molar-refractivity contribution in [3.05, 3.63) is 64.1 Å². The molecule has 0 aromatic heterocycles. The van der Waals surface area contributed by atoms with E-state index in [0.717, 1.165) is 49.2 Å². The molecule has 26 heavy (non-hydrogen) atoms. The Kier molecular flexibility index (Phi) is 6.69. The molecule has 138 valence electrons. The first-order valence-electron chi connectivity index (χ1n) is 9.17. The molecule has 0 atom stereocenters.